The third kappa shape index (κ3) is 4.54. The minimum atomic E-state index is -1.11. The van der Waals surface area contributed by atoms with E-state index < -0.39 is 17.5 Å². The Morgan fingerprint density at radius 3 is 2.74 bits per heavy atom. The predicted molar refractivity (Wildman–Crippen MR) is 104 cm³/mol. The number of benzene rings is 1. The number of carboxylic acids is 1. The number of aliphatic hydroxyl groups excluding tert-OH is 1. The van der Waals surface area contributed by atoms with Crippen LogP contribution in [-0.2, 0) is 17.8 Å². The highest BCUT2D eigenvalue weighted by Gasteiger charge is 2.48. The Hall–Kier alpha value is -2.24. The first-order chi connectivity index (χ1) is 13.0. The zero-order valence-electron chi connectivity index (χ0n) is 15.8. The van der Waals surface area contributed by atoms with Gasteiger partial charge in [-0.1, -0.05) is 36.4 Å². The van der Waals surface area contributed by atoms with E-state index in [1.807, 2.05) is 37.3 Å². The maximum atomic E-state index is 12.2. The molecule has 5 nitrogen and oxygen atoms in total. The number of hydrogen-bond donors (Lipinski definition) is 2. The summed E-state index contributed by atoms with van der Waals surface area (Å²) in [5, 5.41) is 20.6. The molecule has 0 amide bonds. The van der Waals surface area contributed by atoms with Crippen molar-refractivity contribution in [1.29, 1.82) is 0 Å². The van der Waals surface area contributed by atoms with Crippen molar-refractivity contribution in [2.75, 3.05) is 13.1 Å². The predicted octanol–water partition coefficient (Wildman–Crippen LogP) is 3.05. The number of aliphatic carboxylic acids is 1. The molecule has 144 valence electrons. The summed E-state index contributed by atoms with van der Waals surface area (Å²) in [4.78, 5) is 18.7. The molecule has 3 rings (SSSR count). The van der Waals surface area contributed by atoms with E-state index in [0.717, 1.165) is 24.1 Å². The van der Waals surface area contributed by atoms with Gasteiger partial charge in [0.2, 0.25) is 0 Å². The molecule has 0 aliphatic carbocycles. The summed E-state index contributed by atoms with van der Waals surface area (Å²) in [6, 6.07) is 14.0. The van der Waals surface area contributed by atoms with Crippen LogP contribution in [0.4, 0.5) is 0 Å². The van der Waals surface area contributed by atoms with E-state index in [0.29, 0.717) is 32.5 Å². The first-order valence-electron chi connectivity index (χ1n) is 9.59. The number of rotatable bonds is 7. The van der Waals surface area contributed by atoms with Crippen molar-refractivity contribution < 1.29 is 15.0 Å². The van der Waals surface area contributed by atoms with Crippen LogP contribution in [-0.4, -0.2) is 45.3 Å². The molecule has 27 heavy (non-hydrogen) atoms. The van der Waals surface area contributed by atoms with Crippen LogP contribution in [0.15, 0.2) is 48.7 Å². The lowest BCUT2D eigenvalue weighted by molar-refractivity contribution is -0.164. The van der Waals surface area contributed by atoms with E-state index in [2.05, 4.69) is 22.0 Å². The molecular formula is C22H28N2O3. The molecule has 0 unspecified atom stereocenters. The Bertz CT molecular complexity index is 765. The van der Waals surface area contributed by atoms with Crippen molar-refractivity contribution in [3.63, 3.8) is 0 Å². The molecule has 2 heterocycles. The van der Waals surface area contributed by atoms with Gasteiger partial charge in [-0.05, 0) is 49.8 Å². The number of hydrogen-bond acceptors (Lipinski definition) is 4. The minimum absolute atomic E-state index is 0.368. The van der Waals surface area contributed by atoms with E-state index >= 15 is 0 Å². The molecule has 1 aliphatic rings. The lowest BCUT2D eigenvalue weighted by Gasteiger charge is -2.43. The molecular weight excluding hydrogens is 340 g/mol. The molecule has 1 saturated heterocycles. The molecule has 1 fully saturated rings. The van der Waals surface area contributed by atoms with Crippen LogP contribution < -0.4 is 0 Å². The highest BCUT2D eigenvalue weighted by atomic mass is 16.4. The van der Waals surface area contributed by atoms with Gasteiger partial charge < -0.3 is 10.2 Å². The minimum Gasteiger partial charge on any atom is -0.481 e. The second-order valence-electron chi connectivity index (χ2n) is 7.56. The van der Waals surface area contributed by atoms with Gasteiger partial charge in [-0.15, -0.1) is 0 Å². The summed E-state index contributed by atoms with van der Waals surface area (Å²) in [5.74, 6) is -0.893. The zero-order chi connectivity index (χ0) is 19.3. The lowest BCUT2D eigenvalue weighted by Crippen LogP contribution is -2.55. The summed E-state index contributed by atoms with van der Waals surface area (Å²) < 4.78 is 0. The van der Waals surface area contributed by atoms with Gasteiger partial charge in [-0.3, -0.25) is 14.7 Å². The van der Waals surface area contributed by atoms with Crippen molar-refractivity contribution in [1.82, 2.24) is 9.88 Å². The van der Waals surface area contributed by atoms with Crippen LogP contribution >= 0.6 is 0 Å². The summed E-state index contributed by atoms with van der Waals surface area (Å²) in [7, 11) is 0. The SMILES string of the molecule is Cc1ncccc1CN1CC[C@@H](O)[C@](CCCc2ccccc2)(C(=O)O)C1. The van der Waals surface area contributed by atoms with Gasteiger partial charge in [0.05, 0.1) is 6.10 Å². The fourth-order valence-corrected chi connectivity index (χ4v) is 4.04. The van der Waals surface area contributed by atoms with Gasteiger partial charge in [0.1, 0.15) is 5.41 Å². The van der Waals surface area contributed by atoms with Crippen molar-refractivity contribution >= 4 is 5.97 Å². The molecule has 2 N–H and O–H groups in total. The Morgan fingerprint density at radius 2 is 2.04 bits per heavy atom. The van der Waals surface area contributed by atoms with Crippen LogP contribution in [0, 0.1) is 12.3 Å². The van der Waals surface area contributed by atoms with Crippen molar-refractivity contribution in [3.05, 3.63) is 65.5 Å². The molecule has 2 aromatic rings. The summed E-state index contributed by atoms with van der Waals surface area (Å²) in [6.07, 6.45) is 3.48. The van der Waals surface area contributed by atoms with Crippen LogP contribution in [0.25, 0.3) is 0 Å². The smallest absolute Gasteiger partial charge is 0.313 e. The molecule has 0 radical (unpaired) electrons. The maximum Gasteiger partial charge on any atom is 0.313 e. The summed E-state index contributed by atoms with van der Waals surface area (Å²) >= 11 is 0. The summed E-state index contributed by atoms with van der Waals surface area (Å²) in [6.45, 7) is 3.70. The number of likely N-dealkylation sites (tertiary alicyclic amines) is 1. The Labute approximate surface area is 160 Å². The molecule has 1 aromatic carbocycles. The molecule has 0 saturated carbocycles. The van der Waals surface area contributed by atoms with Gasteiger partial charge in [0, 0.05) is 31.5 Å². The van der Waals surface area contributed by atoms with Crippen LogP contribution in [0.2, 0.25) is 0 Å². The highest BCUT2D eigenvalue weighted by molar-refractivity contribution is 5.76. The number of aliphatic hydroxyl groups is 1. The van der Waals surface area contributed by atoms with Crippen LogP contribution in [0.1, 0.15) is 36.1 Å². The first-order valence-corrected chi connectivity index (χ1v) is 9.59. The van der Waals surface area contributed by atoms with Crippen molar-refractivity contribution in [3.8, 4) is 0 Å². The van der Waals surface area contributed by atoms with E-state index in [1.165, 1.54) is 5.56 Å². The van der Waals surface area contributed by atoms with Gasteiger partial charge >= 0.3 is 5.97 Å². The van der Waals surface area contributed by atoms with Gasteiger partial charge in [-0.2, -0.15) is 0 Å². The van der Waals surface area contributed by atoms with Crippen LogP contribution in [0.3, 0.4) is 0 Å². The number of carbonyl (C=O) groups is 1. The fraction of sp³-hybridized carbons (Fsp3) is 0.455. The standard InChI is InChI=1S/C22H28N2O3/c1-17-19(10-6-13-23-17)15-24-14-11-20(25)22(16-24,21(26)27)12-5-9-18-7-3-2-4-8-18/h2-4,6-8,10,13,20,25H,5,9,11-12,14-16H2,1H3,(H,26,27)/t20-,22-/m1/s1. The second-order valence-corrected chi connectivity index (χ2v) is 7.56. The van der Waals surface area contributed by atoms with Gasteiger partial charge in [-0.25, -0.2) is 0 Å². The zero-order valence-corrected chi connectivity index (χ0v) is 15.8. The van der Waals surface area contributed by atoms with Crippen molar-refractivity contribution in [2.45, 2.75) is 45.3 Å². The molecule has 0 bridgehead atoms. The Morgan fingerprint density at radius 1 is 1.26 bits per heavy atom. The van der Waals surface area contributed by atoms with E-state index in [4.69, 9.17) is 0 Å². The lowest BCUT2D eigenvalue weighted by atomic mass is 9.73. The van der Waals surface area contributed by atoms with Crippen molar-refractivity contribution in [2.24, 2.45) is 5.41 Å². The van der Waals surface area contributed by atoms with E-state index in [-0.39, 0.29) is 0 Å². The van der Waals surface area contributed by atoms with E-state index in [1.54, 1.807) is 6.20 Å². The largest absolute Gasteiger partial charge is 0.481 e. The third-order valence-electron chi connectivity index (χ3n) is 5.73. The molecule has 1 aliphatic heterocycles. The second kappa shape index (κ2) is 8.63. The monoisotopic (exact) mass is 368 g/mol. The number of nitrogens with zero attached hydrogens (tertiary/aromatic N) is 2. The molecule has 0 spiro atoms. The van der Waals surface area contributed by atoms with Gasteiger partial charge in [0.15, 0.2) is 0 Å². The normalized spacial score (nSPS) is 23.3. The molecule has 2 atom stereocenters. The molecule has 1 aromatic heterocycles. The van der Waals surface area contributed by atoms with Crippen LogP contribution in [0.5, 0.6) is 0 Å². The number of pyridine rings is 1. The third-order valence-corrected chi connectivity index (χ3v) is 5.73. The Kier molecular flexibility index (Phi) is 6.24. The highest BCUT2D eigenvalue weighted by Crippen LogP contribution is 2.36. The number of carboxylic acid groups (broad SMARTS) is 1. The maximum absolute atomic E-state index is 12.2. The fourth-order valence-electron chi connectivity index (χ4n) is 4.04. The quantitative estimate of drug-likeness (QED) is 0.786. The van der Waals surface area contributed by atoms with Gasteiger partial charge in [0.25, 0.3) is 0 Å². The Balaban J connectivity index is 1.69. The number of aryl methyl sites for hydroxylation is 2. The first kappa shape index (κ1) is 19.5. The molecule has 5 heteroatoms. The van der Waals surface area contributed by atoms with E-state index in [9.17, 15) is 15.0 Å². The average molecular weight is 368 g/mol. The topological polar surface area (TPSA) is 73.7 Å². The number of aromatic nitrogens is 1. The summed E-state index contributed by atoms with van der Waals surface area (Å²) in [5.41, 5.74) is 2.17. The number of piperidine rings is 1. The average Bonchev–Trinajstić information content (AvgIpc) is 2.67.